The first kappa shape index (κ1) is 23.8. The first-order valence-electron chi connectivity index (χ1n) is 9.31. The number of nitrogens with one attached hydrogen (secondary N) is 1. The molecule has 0 radical (unpaired) electrons. The molecule has 0 amide bonds. The highest BCUT2D eigenvalue weighted by atomic mass is 32.2. The number of benzene rings is 1. The van der Waals surface area contributed by atoms with Crippen LogP contribution in [-0.2, 0) is 21.2 Å². The maximum Gasteiger partial charge on any atom is 0.516 e. The van der Waals surface area contributed by atoms with Gasteiger partial charge < -0.3 is 9.64 Å². The van der Waals surface area contributed by atoms with E-state index in [9.17, 15) is 26.4 Å². The number of ether oxygens (including phenoxy) is 1. The summed E-state index contributed by atoms with van der Waals surface area (Å²) in [5, 5.41) is 14.9. The molecule has 10 nitrogen and oxygen atoms in total. The molecule has 0 saturated heterocycles. The van der Waals surface area contributed by atoms with E-state index in [1.807, 2.05) is 4.90 Å². The Morgan fingerprint density at radius 3 is 2.66 bits per heavy atom. The quantitative estimate of drug-likeness (QED) is 0.474. The van der Waals surface area contributed by atoms with Crippen LogP contribution in [-0.4, -0.2) is 49.8 Å². The first-order valence-corrected chi connectivity index (χ1v) is 11.6. The maximum absolute atomic E-state index is 12.9. The lowest BCUT2D eigenvalue weighted by Gasteiger charge is -2.28. The molecule has 1 aromatic heterocycles. The lowest BCUT2D eigenvalue weighted by molar-refractivity contribution is -0.0429. The monoisotopic (exact) mass is 492 g/mol. The van der Waals surface area contributed by atoms with Gasteiger partial charge in [-0.05, 0) is 44.4 Å². The summed E-state index contributed by atoms with van der Waals surface area (Å²) in [6.07, 6.45) is 1.08. The molecule has 2 aromatic rings. The first-order chi connectivity index (χ1) is 14.9. The molecule has 0 bridgehead atoms. The number of fused-ring (bicyclic) bond motifs is 1. The standard InChI is InChI=1S/C17H19F3N6O4S2/c1-9(2)30-15(27)14-22-24-16(31-14)23-21-11-7-10-5-4-6-26(3)13(10)8-12(11)25-32(28,29)17(18,19)20/h7-9,25H,4-6H2,1-3H3. The smallest absolute Gasteiger partial charge is 0.458 e. The van der Waals surface area contributed by atoms with Crippen molar-refractivity contribution in [3.8, 4) is 0 Å². The Bertz CT molecular complexity index is 1150. The van der Waals surface area contributed by atoms with Crippen LogP contribution in [0.3, 0.4) is 0 Å². The van der Waals surface area contributed by atoms with Crippen LogP contribution >= 0.6 is 11.3 Å². The minimum absolute atomic E-state index is 0.0554. The lowest BCUT2D eigenvalue weighted by atomic mass is 10.0. The fourth-order valence-electron chi connectivity index (χ4n) is 2.87. The summed E-state index contributed by atoms with van der Waals surface area (Å²) in [5.41, 5.74) is -4.66. The molecule has 1 aromatic carbocycles. The van der Waals surface area contributed by atoms with E-state index in [1.54, 1.807) is 20.9 Å². The van der Waals surface area contributed by atoms with E-state index in [0.29, 0.717) is 18.7 Å². The predicted molar refractivity (Wildman–Crippen MR) is 111 cm³/mol. The Morgan fingerprint density at radius 1 is 1.28 bits per heavy atom. The van der Waals surface area contributed by atoms with E-state index in [-0.39, 0.29) is 27.6 Å². The average Bonchev–Trinajstić information content (AvgIpc) is 3.14. The minimum atomic E-state index is -5.68. The van der Waals surface area contributed by atoms with Gasteiger partial charge in [-0.2, -0.15) is 21.6 Å². The fraction of sp³-hybridized carbons (Fsp3) is 0.471. The van der Waals surface area contributed by atoms with Crippen molar-refractivity contribution in [3.63, 3.8) is 0 Å². The number of carbonyl (C=O) groups excluding carboxylic acids is 1. The van der Waals surface area contributed by atoms with Crippen LogP contribution < -0.4 is 9.62 Å². The number of aryl methyl sites for hydroxylation is 1. The second-order valence-corrected chi connectivity index (χ2v) is 9.75. The van der Waals surface area contributed by atoms with E-state index in [4.69, 9.17) is 4.74 Å². The molecular formula is C17H19F3N6O4S2. The van der Waals surface area contributed by atoms with E-state index < -0.39 is 21.5 Å². The summed E-state index contributed by atoms with van der Waals surface area (Å²) >= 11 is 0.771. The van der Waals surface area contributed by atoms with Crippen LogP contribution in [0.1, 0.15) is 35.6 Å². The van der Waals surface area contributed by atoms with E-state index >= 15 is 0 Å². The molecule has 0 fully saturated rings. The fourth-order valence-corrected chi connectivity index (χ4v) is 3.99. The van der Waals surface area contributed by atoms with Crippen molar-refractivity contribution in [3.05, 3.63) is 22.7 Å². The van der Waals surface area contributed by atoms with Gasteiger partial charge in [0.25, 0.3) is 5.13 Å². The molecule has 0 aliphatic carbocycles. The van der Waals surface area contributed by atoms with Crippen LogP contribution in [0.5, 0.6) is 0 Å². The number of halogens is 3. The van der Waals surface area contributed by atoms with Crippen molar-refractivity contribution in [2.24, 2.45) is 10.2 Å². The number of rotatable bonds is 6. The maximum atomic E-state index is 12.9. The molecule has 3 rings (SSSR count). The number of sulfonamides is 1. The summed E-state index contributed by atoms with van der Waals surface area (Å²) in [6, 6.07) is 2.76. The van der Waals surface area contributed by atoms with Crippen LogP contribution in [0.2, 0.25) is 0 Å². The number of esters is 1. The average molecular weight is 493 g/mol. The Kier molecular flexibility index (Phi) is 6.69. The van der Waals surface area contributed by atoms with E-state index in [2.05, 4.69) is 20.4 Å². The molecule has 1 aliphatic rings. The Hall–Kier alpha value is -2.81. The van der Waals surface area contributed by atoms with Gasteiger partial charge in [0, 0.05) is 19.3 Å². The van der Waals surface area contributed by atoms with Crippen molar-refractivity contribution >= 4 is 49.5 Å². The Labute approximate surface area is 185 Å². The third-order valence-corrected chi connectivity index (χ3v) is 6.16. The second-order valence-electron chi connectivity index (χ2n) is 7.12. The molecule has 0 spiro atoms. The topological polar surface area (TPSA) is 126 Å². The summed E-state index contributed by atoms with van der Waals surface area (Å²) < 4.78 is 68.6. The molecule has 2 heterocycles. The highest BCUT2D eigenvalue weighted by Crippen LogP contribution is 2.39. The highest BCUT2D eigenvalue weighted by Gasteiger charge is 2.46. The summed E-state index contributed by atoms with van der Waals surface area (Å²) in [6.45, 7) is 3.99. The van der Waals surface area contributed by atoms with Crippen LogP contribution in [0.25, 0.3) is 0 Å². The normalized spacial score (nSPS) is 14.7. The van der Waals surface area contributed by atoms with Crippen LogP contribution in [0, 0.1) is 0 Å². The number of anilines is 2. The van der Waals surface area contributed by atoms with E-state index in [0.717, 1.165) is 23.3 Å². The largest absolute Gasteiger partial charge is 0.516 e. The van der Waals surface area contributed by atoms with Gasteiger partial charge in [-0.25, -0.2) is 4.79 Å². The van der Waals surface area contributed by atoms with Gasteiger partial charge in [0.2, 0.25) is 5.01 Å². The molecule has 0 saturated carbocycles. The lowest BCUT2D eigenvalue weighted by Crippen LogP contribution is -2.30. The van der Waals surface area contributed by atoms with Gasteiger partial charge in [-0.1, -0.05) is 11.3 Å². The highest BCUT2D eigenvalue weighted by molar-refractivity contribution is 7.93. The van der Waals surface area contributed by atoms with Gasteiger partial charge in [-0.3, -0.25) is 4.72 Å². The molecule has 0 atom stereocenters. The van der Waals surface area contributed by atoms with Crippen molar-refractivity contribution in [1.29, 1.82) is 0 Å². The third kappa shape index (κ3) is 5.32. The zero-order valence-electron chi connectivity index (χ0n) is 17.2. The number of hydrogen-bond acceptors (Lipinski definition) is 10. The van der Waals surface area contributed by atoms with E-state index in [1.165, 1.54) is 16.9 Å². The van der Waals surface area contributed by atoms with Gasteiger partial charge in [0.1, 0.15) is 5.69 Å². The van der Waals surface area contributed by atoms with Gasteiger partial charge in [0.15, 0.2) is 0 Å². The zero-order chi connectivity index (χ0) is 23.7. The van der Waals surface area contributed by atoms with Crippen molar-refractivity contribution in [2.75, 3.05) is 23.2 Å². The second kappa shape index (κ2) is 8.97. The number of alkyl halides is 3. The third-order valence-electron chi connectivity index (χ3n) is 4.27. The molecule has 174 valence electrons. The number of hydrogen-bond donors (Lipinski definition) is 1. The molecule has 15 heteroatoms. The number of nitrogens with zero attached hydrogens (tertiary/aromatic N) is 5. The van der Waals surface area contributed by atoms with Crippen molar-refractivity contribution < 1.29 is 31.1 Å². The Balaban J connectivity index is 1.96. The number of carbonyl (C=O) groups is 1. The Morgan fingerprint density at radius 2 is 2.00 bits per heavy atom. The number of azo groups is 1. The van der Waals surface area contributed by atoms with Crippen molar-refractivity contribution in [1.82, 2.24) is 10.2 Å². The minimum Gasteiger partial charge on any atom is -0.458 e. The van der Waals surface area contributed by atoms with Gasteiger partial charge >= 0.3 is 21.5 Å². The zero-order valence-corrected chi connectivity index (χ0v) is 18.8. The van der Waals surface area contributed by atoms with Gasteiger partial charge in [-0.15, -0.1) is 20.4 Å². The SMILES string of the molecule is CC(C)OC(=O)c1nnc(N=Nc2cc3c(cc2NS(=O)(=O)C(F)(F)F)N(C)CCC3)s1. The van der Waals surface area contributed by atoms with Crippen LogP contribution in [0.15, 0.2) is 22.4 Å². The number of aromatic nitrogens is 2. The molecule has 1 aliphatic heterocycles. The van der Waals surface area contributed by atoms with Crippen molar-refractivity contribution in [2.45, 2.75) is 38.3 Å². The molecule has 32 heavy (non-hydrogen) atoms. The molecule has 1 N–H and O–H groups in total. The summed E-state index contributed by atoms with van der Waals surface area (Å²) in [4.78, 5) is 13.7. The summed E-state index contributed by atoms with van der Waals surface area (Å²) in [7, 11) is -3.93. The van der Waals surface area contributed by atoms with Gasteiger partial charge in [0.05, 0.1) is 11.8 Å². The molecule has 0 unspecified atom stereocenters. The predicted octanol–water partition coefficient (Wildman–Crippen LogP) is 4.16. The van der Waals surface area contributed by atoms with Crippen LogP contribution in [0.4, 0.5) is 35.4 Å². The molecular weight excluding hydrogens is 473 g/mol. The summed E-state index contributed by atoms with van der Waals surface area (Å²) in [5.74, 6) is -0.700.